The molecule has 0 amide bonds. The van der Waals surface area contributed by atoms with Gasteiger partial charge in [0.15, 0.2) is 0 Å². The van der Waals surface area contributed by atoms with Crippen LogP contribution in [0.3, 0.4) is 0 Å². The van der Waals surface area contributed by atoms with E-state index < -0.39 is 45.0 Å². The summed E-state index contributed by atoms with van der Waals surface area (Å²) < 4.78 is 75.2. The van der Waals surface area contributed by atoms with Gasteiger partial charge in [-0.3, -0.25) is 10.1 Å². The highest BCUT2D eigenvalue weighted by Crippen LogP contribution is 2.42. The van der Waals surface area contributed by atoms with Gasteiger partial charge in [0.1, 0.15) is 5.56 Å². The van der Waals surface area contributed by atoms with Gasteiger partial charge in [0.25, 0.3) is 5.69 Å². The Bertz CT molecular complexity index is 511. The Morgan fingerprint density at radius 3 is 1.95 bits per heavy atom. The fourth-order valence-electron chi connectivity index (χ4n) is 1.39. The molecule has 0 aliphatic rings. The van der Waals surface area contributed by atoms with Crippen molar-refractivity contribution in [3.05, 3.63) is 38.9 Å². The molecule has 0 aliphatic carbocycles. The van der Waals surface area contributed by atoms with E-state index in [1.54, 1.807) is 0 Å². The third-order valence-corrected chi connectivity index (χ3v) is 2.75. The molecule has 0 spiro atoms. The molecule has 1 aromatic rings. The van der Waals surface area contributed by atoms with Crippen molar-refractivity contribution in [1.82, 2.24) is 0 Å². The summed E-state index contributed by atoms with van der Waals surface area (Å²) in [5.74, 6) is 0. The highest BCUT2D eigenvalue weighted by Gasteiger charge is 2.43. The summed E-state index contributed by atoms with van der Waals surface area (Å²) >= 11 is 2.64. The predicted molar refractivity (Wildman–Crippen MR) is 55.7 cm³/mol. The molecule has 0 radical (unpaired) electrons. The second kappa shape index (κ2) is 4.99. The number of nitro groups is 1. The van der Waals surface area contributed by atoms with E-state index in [0.29, 0.717) is 6.07 Å². The van der Waals surface area contributed by atoms with Gasteiger partial charge < -0.3 is 0 Å². The van der Waals surface area contributed by atoms with Crippen molar-refractivity contribution >= 4 is 21.6 Å². The predicted octanol–water partition coefficient (Wildman–Crippen LogP) is 4.53. The Morgan fingerprint density at radius 1 is 1.11 bits per heavy atom. The SMILES string of the molecule is O=[N+]([O-])c1c(CBr)cc(C(F)(F)F)cc1C(F)(F)F. The van der Waals surface area contributed by atoms with Gasteiger partial charge >= 0.3 is 12.4 Å². The Morgan fingerprint density at radius 2 is 1.63 bits per heavy atom. The van der Waals surface area contributed by atoms with Gasteiger partial charge in [0.2, 0.25) is 0 Å². The highest BCUT2D eigenvalue weighted by atomic mass is 79.9. The first-order valence-corrected chi connectivity index (χ1v) is 5.62. The van der Waals surface area contributed by atoms with Gasteiger partial charge in [-0.1, -0.05) is 15.9 Å². The van der Waals surface area contributed by atoms with E-state index in [2.05, 4.69) is 15.9 Å². The van der Waals surface area contributed by atoms with Crippen LogP contribution in [0.5, 0.6) is 0 Å². The molecule has 0 aliphatic heterocycles. The van der Waals surface area contributed by atoms with E-state index in [0.717, 1.165) is 0 Å². The molecular formula is C9H4BrF6NO2. The minimum absolute atomic E-state index is 0.260. The maximum absolute atomic E-state index is 12.6. The first-order chi connectivity index (χ1) is 8.48. The number of benzene rings is 1. The normalized spacial score (nSPS) is 12.6. The summed E-state index contributed by atoms with van der Waals surface area (Å²) in [5, 5.41) is 10.1. The quantitative estimate of drug-likeness (QED) is 0.340. The number of alkyl halides is 7. The number of rotatable bonds is 2. The molecule has 0 unspecified atom stereocenters. The molecule has 3 nitrogen and oxygen atoms in total. The second-order valence-corrected chi connectivity index (χ2v) is 3.98. The van der Waals surface area contributed by atoms with E-state index in [-0.39, 0.29) is 6.07 Å². The monoisotopic (exact) mass is 351 g/mol. The number of nitrogens with zero attached hydrogens (tertiary/aromatic N) is 1. The molecule has 0 saturated carbocycles. The Labute approximate surface area is 110 Å². The van der Waals surface area contributed by atoms with Crippen LogP contribution in [0.4, 0.5) is 32.0 Å². The summed E-state index contributed by atoms with van der Waals surface area (Å²) in [4.78, 5) is 9.26. The number of nitro benzene ring substituents is 1. The van der Waals surface area contributed by atoms with Crippen molar-refractivity contribution in [2.45, 2.75) is 17.7 Å². The molecule has 1 aromatic carbocycles. The van der Waals surface area contributed by atoms with Crippen LogP contribution in [-0.4, -0.2) is 4.92 Å². The smallest absolute Gasteiger partial charge is 0.258 e. The van der Waals surface area contributed by atoms with Gasteiger partial charge in [-0.15, -0.1) is 0 Å². The van der Waals surface area contributed by atoms with Crippen LogP contribution in [0.15, 0.2) is 12.1 Å². The average Bonchev–Trinajstić information content (AvgIpc) is 2.24. The average molecular weight is 352 g/mol. The fourth-order valence-corrected chi connectivity index (χ4v) is 1.82. The fraction of sp³-hybridized carbons (Fsp3) is 0.333. The zero-order valence-corrected chi connectivity index (χ0v) is 10.4. The topological polar surface area (TPSA) is 43.1 Å². The summed E-state index contributed by atoms with van der Waals surface area (Å²) in [5.41, 5.74) is -5.56. The molecule has 0 N–H and O–H groups in total. The Hall–Kier alpha value is -1.32. The Balaban J connectivity index is 3.70. The zero-order valence-electron chi connectivity index (χ0n) is 8.77. The van der Waals surface area contributed by atoms with E-state index in [1.807, 2.05) is 0 Å². The number of hydrogen-bond acceptors (Lipinski definition) is 2. The molecule has 0 aromatic heterocycles. The van der Waals surface area contributed by atoms with E-state index in [4.69, 9.17) is 0 Å². The summed E-state index contributed by atoms with van der Waals surface area (Å²) in [6.45, 7) is 0. The molecular weight excluding hydrogens is 348 g/mol. The van der Waals surface area contributed by atoms with Gasteiger partial charge in [0.05, 0.1) is 10.5 Å². The molecule has 0 saturated heterocycles. The lowest BCUT2D eigenvalue weighted by atomic mass is 10.0. The van der Waals surface area contributed by atoms with Crippen LogP contribution >= 0.6 is 15.9 Å². The van der Waals surface area contributed by atoms with Crippen molar-refractivity contribution in [2.75, 3.05) is 0 Å². The third-order valence-electron chi connectivity index (χ3n) is 2.15. The molecule has 0 atom stereocenters. The largest absolute Gasteiger partial charge is 0.423 e. The van der Waals surface area contributed by atoms with Crippen LogP contribution < -0.4 is 0 Å². The van der Waals surface area contributed by atoms with E-state index in [1.165, 1.54) is 0 Å². The zero-order chi connectivity index (χ0) is 15.0. The Kier molecular flexibility index (Phi) is 4.13. The van der Waals surface area contributed by atoms with Crippen molar-refractivity contribution in [2.24, 2.45) is 0 Å². The lowest BCUT2D eigenvalue weighted by molar-refractivity contribution is -0.388. The molecule has 0 bridgehead atoms. The van der Waals surface area contributed by atoms with Gasteiger partial charge in [-0.2, -0.15) is 26.3 Å². The number of halogens is 7. The van der Waals surface area contributed by atoms with Crippen molar-refractivity contribution < 1.29 is 31.3 Å². The number of hydrogen-bond donors (Lipinski definition) is 0. The summed E-state index contributed by atoms with van der Waals surface area (Å²) in [7, 11) is 0. The van der Waals surface area contributed by atoms with E-state index in [9.17, 15) is 36.5 Å². The molecule has 1 rings (SSSR count). The summed E-state index contributed by atoms with van der Waals surface area (Å²) in [6, 6.07) is 0.0619. The van der Waals surface area contributed by atoms with Crippen LogP contribution in [0, 0.1) is 10.1 Å². The minimum atomic E-state index is -5.25. The van der Waals surface area contributed by atoms with Crippen LogP contribution in [0.25, 0.3) is 0 Å². The molecule has 10 heteroatoms. The summed E-state index contributed by atoms with van der Waals surface area (Å²) in [6.07, 6.45) is -10.3. The maximum atomic E-state index is 12.6. The van der Waals surface area contributed by atoms with Gasteiger partial charge in [0, 0.05) is 10.9 Å². The molecule has 0 heterocycles. The maximum Gasteiger partial charge on any atom is 0.423 e. The second-order valence-electron chi connectivity index (χ2n) is 3.42. The van der Waals surface area contributed by atoms with E-state index >= 15 is 0 Å². The standard InChI is InChI=1S/C9H4BrF6NO2/c10-3-4-1-5(8(11,12)13)2-6(9(14,15)16)7(4)17(18)19/h1-2H,3H2. The first kappa shape index (κ1) is 15.7. The molecule has 0 fully saturated rings. The van der Waals surface area contributed by atoms with Crippen molar-refractivity contribution in [3.8, 4) is 0 Å². The van der Waals surface area contributed by atoms with Gasteiger partial charge in [-0.05, 0) is 12.1 Å². The lowest BCUT2D eigenvalue weighted by Crippen LogP contribution is -2.15. The van der Waals surface area contributed by atoms with Crippen LogP contribution in [0.1, 0.15) is 16.7 Å². The van der Waals surface area contributed by atoms with Crippen molar-refractivity contribution in [3.63, 3.8) is 0 Å². The molecule has 19 heavy (non-hydrogen) atoms. The van der Waals surface area contributed by atoms with Crippen molar-refractivity contribution in [1.29, 1.82) is 0 Å². The lowest BCUT2D eigenvalue weighted by Gasteiger charge is -2.14. The highest BCUT2D eigenvalue weighted by molar-refractivity contribution is 9.08. The van der Waals surface area contributed by atoms with Crippen LogP contribution in [-0.2, 0) is 17.7 Å². The van der Waals surface area contributed by atoms with Gasteiger partial charge in [-0.25, -0.2) is 0 Å². The molecule has 106 valence electrons. The van der Waals surface area contributed by atoms with Crippen LogP contribution in [0.2, 0.25) is 0 Å². The minimum Gasteiger partial charge on any atom is -0.258 e. The third kappa shape index (κ3) is 3.37. The first-order valence-electron chi connectivity index (χ1n) is 4.50.